The van der Waals surface area contributed by atoms with E-state index >= 15 is 0 Å². The molecule has 19 heavy (non-hydrogen) atoms. The maximum Gasteiger partial charge on any atom is 0.224 e. The Morgan fingerprint density at radius 2 is 1.84 bits per heavy atom. The van der Waals surface area contributed by atoms with Crippen LogP contribution in [0.25, 0.3) is 0 Å². The second-order valence-electron chi connectivity index (χ2n) is 5.18. The topological polar surface area (TPSA) is 63.2 Å². The first kappa shape index (κ1) is 13.7. The third-order valence-electron chi connectivity index (χ3n) is 3.79. The summed E-state index contributed by atoms with van der Waals surface area (Å²) >= 11 is 0. The number of carbonyl (C=O) groups is 1. The van der Waals surface area contributed by atoms with E-state index in [2.05, 4.69) is 6.07 Å². The van der Waals surface area contributed by atoms with Crippen molar-refractivity contribution < 1.29 is 9.55 Å². The normalized spacial score (nSPS) is 21.3. The number of nitrogens with zero attached hydrogens (tertiary/aromatic N) is 1. The van der Waals surface area contributed by atoms with Crippen LogP contribution in [0.1, 0.15) is 42.7 Å². The van der Waals surface area contributed by atoms with Crippen LogP contribution in [0.4, 0.5) is 0 Å². The summed E-state index contributed by atoms with van der Waals surface area (Å²) in [5.41, 5.74) is 7.68. The number of fused-ring (bicyclic) bond motifs is 1. The van der Waals surface area contributed by atoms with E-state index in [-0.39, 0.29) is 11.8 Å². The lowest BCUT2D eigenvalue weighted by atomic mass is 10.0. The van der Waals surface area contributed by atoms with Gasteiger partial charge in [0.25, 0.3) is 0 Å². The second-order valence-corrected chi connectivity index (χ2v) is 5.18. The highest BCUT2D eigenvalue weighted by Gasteiger charge is 2.25. The van der Waals surface area contributed by atoms with Crippen molar-refractivity contribution in [2.24, 2.45) is 5.73 Å². The number of hydrogen-bond donors (Lipinski definition) is 1. The number of primary amides is 1. The summed E-state index contributed by atoms with van der Waals surface area (Å²) in [6.45, 7) is 1.53. The van der Waals surface area contributed by atoms with Crippen LogP contribution in [0, 0.1) is 4.91 Å². The zero-order chi connectivity index (χ0) is 13.7. The van der Waals surface area contributed by atoms with Crippen molar-refractivity contribution in [2.45, 2.75) is 38.0 Å². The number of nitrogens with two attached hydrogens (primary N) is 1. The van der Waals surface area contributed by atoms with E-state index in [9.17, 15) is 9.70 Å². The summed E-state index contributed by atoms with van der Waals surface area (Å²) < 4.78 is 1.14. The summed E-state index contributed by atoms with van der Waals surface area (Å²) in [7, 11) is 0. The van der Waals surface area contributed by atoms with E-state index in [4.69, 9.17) is 5.73 Å². The summed E-state index contributed by atoms with van der Waals surface area (Å²) in [6, 6.07) is 8.03. The quantitative estimate of drug-likeness (QED) is 0.787. The predicted octanol–water partition coefficient (Wildman–Crippen LogP) is 2.15. The molecule has 2 aliphatic rings. The molecule has 1 saturated heterocycles. The number of carbonyl (C=O) groups excluding carboxylic acids is 1. The van der Waals surface area contributed by atoms with Gasteiger partial charge >= 0.3 is 0 Å². The SMILES string of the molecule is NC(=O)C1CCc2ccccc21.O=[N+]1CCCCC1. The number of nitroso groups, excluding NO2 is 1. The van der Waals surface area contributed by atoms with Gasteiger partial charge in [-0.3, -0.25) is 4.79 Å². The fraction of sp³-hybridized carbons (Fsp3) is 0.533. The molecule has 0 bridgehead atoms. The Kier molecular flexibility index (Phi) is 4.66. The first-order chi connectivity index (χ1) is 9.18. The molecule has 2 N–H and O–H groups in total. The van der Waals surface area contributed by atoms with Crippen molar-refractivity contribution in [1.29, 1.82) is 0 Å². The van der Waals surface area contributed by atoms with Gasteiger partial charge < -0.3 is 5.73 Å². The molecule has 4 nitrogen and oxygen atoms in total. The lowest BCUT2D eigenvalue weighted by Crippen LogP contribution is -2.19. The van der Waals surface area contributed by atoms with Crippen LogP contribution in [-0.4, -0.2) is 23.8 Å². The first-order valence-corrected chi connectivity index (χ1v) is 6.97. The van der Waals surface area contributed by atoms with Gasteiger partial charge in [0, 0.05) is 17.7 Å². The molecule has 1 unspecified atom stereocenters. The lowest BCUT2D eigenvalue weighted by Gasteiger charge is -2.05. The molecular weight excluding hydrogens is 240 g/mol. The Hall–Kier alpha value is -1.71. The van der Waals surface area contributed by atoms with Gasteiger partial charge in [0.05, 0.1) is 5.92 Å². The molecule has 0 aromatic heterocycles. The number of piperidine rings is 1. The lowest BCUT2D eigenvalue weighted by molar-refractivity contribution is -0.557. The number of amides is 1. The number of hydrogen-bond acceptors (Lipinski definition) is 2. The van der Waals surface area contributed by atoms with Crippen molar-refractivity contribution in [1.82, 2.24) is 0 Å². The van der Waals surface area contributed by atoms with Crippen molar-refractivity contribution in [2.75, 3.05) is 13.1 Å². The van der Waals surface area contributed by atoms with E-state index < -0.39 is 0 Å². The van der Waals surface area contributed by atoms with Crippen LogP contribution < -0.4 is 5.73 Å². The first-order valence-electron chi connectivity index (χ1n) is 6.97. The summed E-state index contributed by atoms with van der Waals surface area (Å²) in [5.74, 6) is -0.235. The molecule has 3 rings (SSSR count). The largest absolute Gasteiger partial charge is 0.369 e. The highest BCUT2D eigenvalue weighted by molar-refractivity contribution is 5.83. The van der Waals surface area contributed by atoms with Gasteiger partial charge in [-0.25, -0.2) is 0 Å². The zero-order valence-electron chi connectivity index (χ0n) is 11.2. The highest BCUT2D eigenvalue weighted by atomic mass is 16.3. The molecule has 4 heteroatoms. The molecule has 1 aromatic carbocycles. The van der Waals surface area contributed by atoms with Crippen molar-refractivity contribution in [3.63, 3.8) is 0 Å². The van der Waals surface area contributed by atoms with Crippen molar-refractivity contribution in [3.8, 4) is 0 Å². The predicted molar refractivity (Wildman–Crippen MR) is 73.9 cm³/mol. The molecule has 102 valence electrons. The fourth-order valence-electron chi connectivity index (χ4n) is 2.72. The van der Waals surface area contributed by atoms with Gasteiger partial charge in [0.15, 0.2) is 13.1 Å². The Morgan fingerprint density at radius 1 is 1.16 bits per heavy atom. The van der Waals surface area contributed by atoms with E-state index in [0.717, 1.165) is 49.1 Å². The molecule has 1 heterocycles. The minimum Gasteiger partial charge on any atom is -0.369 e. The second kappa shape index (κ2) is 6.45. The van der Waals surface area contributed by atoms with Crippen LogP contribution >= 0.6 is 0 Å². The molecule has 1 aliphatic carbocycles. The maximum atomic E-state index is 11.0. The Morgan fingerprint density at radius 3 is 2.42 bits per heavy atom. The molecule has 1 atom stereocenters. The number of rotatable bonds is 1. The molecular formula is C15H21N2O2+. The molecule has 1 aromatic rings. The Labute approximate surface area is 113 Å². The van der Waals surface area contributed by atoms with Crippen molar-refractivity contribution >= 4 is 5.91 Å². The molecule has 0 radical (unpaired) electrons. The van der Waals surface area contributed by atoms with Crippen LogP contribution in [0.3, 0.4) is 0 Å². The maximum absolute atomic E-state index is 11.0. The minimum atomic E-state index is -0.194. The minimum absolute atomic E-state index is 0.0406. The summed E-state index contributed by atoms with van der Waals surface area (Å²) in [5, 5.41) is 0. The summed E-state index contributed by atoms with van der Waals surface area (Å²) in [4.78, 5) is 21.4. The van der Waals surface area contributed by atoms with Crippen LogP contribution in [0.2, 0.25) is 0 Å². The molecule has 1 amide bonds. The number of benzene rings is 1. The zero-order valence-corrected chi connectivity index (χ0v) is 11.2. The third kappa shape index (κ3) is 3.63. The van der Waals surface area contributed by atoms with Gasteiger partial charge in [0.1, 0.15) is 0 Å². The smallest absolute Gasteiger partial charge is 0.224 e. The molecule has 1 aliphatic heterocycles. The average Bonchev–Trinajstić information content (AvgIpc) is 2.84. The van der Waals surface area contributed by atoms with Gasteiger partial charge in [0.2, 0.25) is 5.91 Å². The standard InChI is InChI=1S/C10H11NO.C5H10NO/c11-10(12)9-6-5-7-3-1-2-4-8(7)9;7-6-4-2-1-3-5-6/h1-4,9H,5-6H2,(H2,11,12);1-5H2/q;+1. The fourth-order valence-corrected chi connectivity index (χ4v) is 2.72. The van der Waals surface area contributed by atoms with E-state index in [0.29, 0.717) is 0 Å². The Bertz CT molecular complexity index is 463. The van der Waals surface area contributed by atoms with Gasteiger partial charge in [-0.15, -0.1) is 0 Å². The van der Waals surface area contributed by atoms with E-state index in [1.807, 2.05) is 18.2 Å². The van der Waals surface area contributed by atoms with E-state index in [1.54, 1.807) is 0 Å². The monoisotopic (exact) mass is 261 g/mol. The molecule has 0 spiro atoms. The van der Waals surface area contributed by atoms with Gasteiger partial charge in [-0.1, -0.05) is 24.3 Å². The third-order valence-corrected chi connectivity index (χ3v) is 3.79. The molecule has 1 fully saturated rings. The van der Waals surface area contributed by atoms with Crippen LogP contribution in [0.5, 0.6) is 0 Å². The summed E-state index contributed by atoms with van der Waals surface area (Å²) in [6.07, 6.45) is 5.32. The van der Waals surface area contributed by atoms with E-state index in [1.165, 1.54) is 12.0 Å². The van der Waals surface area contributed by atoms with Crippen molar-refractivity contribution in [3.05, 3.63) is 40.3 Å². The highest BCUT2D eigenvalue weighted by Crippen LogP contribution is 2.32. The molecule has 0 saturated carbocycles. The number of aryl methyl sites for hydroxylation is 1. The Balaban J connectivity index is 0.000000163. The van der Waals surface area contributed by atoms with Gasteiger partial charge in [-0.05, 0) is 35.1 Å². The van der Waals surface area contributed by atoms with Crippen LogP contribution in [0.15, 0.2) is 24.3 Å². The van der Waals surface area contributed by atoms with Crippen LogP contribution in [-0.2, 0) is 11.2 Å². The average molecular weight is 261 g/mol. The van der Waals surface area contributed by atoms with Gasteiger partial charge in [-0.2, -0.15) is 0 Å².